The Morgan fingerprint density at radius 3 is 2.52 bits per heavy atom. The summed E-state index contributed by atoms with van der Waals surface area (Å²) in [5, 5.41) is 34.7. The zero-order chi connectivity index (χ0) is 29.9. The first-order valence-electron chi connectivity index (χ1n) is 13.8. The van der Waals surface area contributed by atoms with Gasteiger partial charge in [0.15, 0.2) is 5.60 Å². The molecular formula is C26H46N4O10. The van der Waals surface area contributed by atoms with Gasteiger partial charge in [-0.25, -0.2) is 9.59 Å². The number of morpholine rings is 1. The zero-order valence-electron chi connectivity index (χ0n) is 24.1. The van der Waals surface area contributed by atoms with Gasteiger partial charge in [-0.3, -0.25) is 9.69 Å². The van der Waals surface area contributed by atoms with Crippen LogP contribution in [0.15, 0.2) is 0 Å². The number of nitrogens with two attached hydrogens (primary N) is 1. The first-order valence-corrected chi connectivity index (χ1v) is 13.8. The summed E-state index contributed by atoms with van der Waals surface area (Å²) in [7, 11) is 1.20. The Bertz CT molecular complexity index is 916. The van der Waals surface area contributed by atoms with Crippen LogP contribution >= 0.6 is 0 Å². The van der Waals surface area contributed by atoms with Gasteiger partial charge in [-0.05, 0) is 27.2 Å². The van der Waals surface area contributed by atoms with Crippen LogP contribution in [0.25, 0.3) is 0 Å². The highest BCUT2D eigenvalue weighted by molar-refractivity contribution is 5.80. The second-order valence-electron chi connectivity index (χ2n) is 12.0. The predicted octanol–water partition coefficient (Wildman–Crippen LogP) is -1.66. The van der Waals surface area contributed by atoms with Gasteiger partial charge in [0.2, 0.25) is 5.91 Å². The van der Waals surface area contributed by atoms with Crippen molar-refractivity contribution in [2.45, 2.75) is 94.2 Å². The van der Waals surface area contributed by atoms with E-state index in [1.165, 1.54) is 14.0 Å². The second kappa shape index (κ2) is 12.8. The Hall–Kier alpha value is -2.07. The quantitative estimate of drug-likeness (QED) is 0.207. The van der Waals surface area contributed by atoms with Crippen LogP contribution in [0.5, 0.6) is 0 Å². The van der Waals surface area contributed by atoms with Crippen molar-refractivity contribution >= 4 is 18.0 Å². The molecule has 3 aliphatic heterocycles. The van der Waals surface area contributed by atoms with E-state index >= 15 is 0 Å². The van der Waals surface area contributed by atoms with Gasteiger partial charge in [-0.2, -0.15) is 0 Å². The van der Waals surface area contributed by atoms with Crippen LogP contribution in [0.4, 0.5) is 4.79 Å². The average Bonchev–Trinajstić information content (AvgIpc) is 3.31. The molecule has 3 saturated heterocycles. The Balaban J connectivity index is 1.83. The molecule has 14 nitrogen and oxygen atoms in total. The number of rotatable bonds is 8. The molecule has 3 fully saturated rings. The van der Waals surface area contributed by atoms with Crippen molar-refractivity contribution in [1.82, 2.24) is 15.1 Å². The normalized spacial score (nSPS) is 32.9. The molecule has 2 amide bonds. The molecule has 3 heterocycles. The number of nitrogens with one attached hydrogen (secondary N) is 1. The topological polar surface area (TPSA) is 193 Å². The summed E-state index contributed by atoms with van der Waals surface area (Å²) in [6, 6.07) is -1.10. The molecule has 0 aromatic heterocycles. The molecule has 14 heteroatoms. The Kier molecular flexibility index (Phi) is 10.4. The summed E-state index contributed by atoms with van der Waals surface area (Å²) < 4.78 is 22.6. The van der Waals surface area contributed by atoms with E-state index in [-0.39, 0.29) is 19.4 Å². The molecule has 0 aliphatic carbocycles. The molecule has 3 rings (SSSR count). The number of hydrogen-bond donors (Lipinski definition) is 5. The van der Waals surface area contributed by atoms with Crippen molar-refractivity contribution < 1.29 is 48.7 Å². The smallest absolute Gasteiger partial charge is 0.410 e. The molecule has 0 radical (unpaired) electrons. The molecular weight excluding hydrogens is 528 g/mol. The van der Waals surface area contributed by atoms with Crippen LogP contribution in [0.2, 0.25) is 0 Å². The fourth-order valence-electron chi connectivity index (χ4n) is 5.84. The number of carbonyl (C=O) groups is 3. The maximum absolute atomic E-state index is 13.2. The number of aliphatic hydroxyl groups excluding tert-OH is 3. The van der Waals surface area contributed by atoms with E-state index in [0.717, 1.165) is 0 Å². The molecule has 0 aromatic carbocycles. The van der Waals surface area contributed by atoms with Crippen LogP contribution in [0.1, 0.15) is 47.0 Å². The lowest BCUT2D eigenvalue weighted by molar-refractivity contribution is -0.232. The molecule has 1 spiro atoms. The third kappa shape index (κ3) is 7.22. The molecule has 0 unspecified atom stereocenters. The van der Waals surface area contributed by atoms with Crippen molar-refractivity contribution in [2.24, 2.45) is 5.73 Å². The molecule has 0 aromatic rings. The fourth-order valence-corrected chi connectivity index (χ4v) is 5.84. The highest BCUT2D eigenvalue weighted by Gasteiger charge is 2.56. The van der Waals surface area contributed by atoms with E-state index < -0.39 is 65.2 Å². The van der Waals surface area contributed by atoms with E-state index in [1.807, 2.05) is 20.8 Å². The number of nitrogens with zero attached hydrogens (tertiary/aromatic N) is 2. The van der Waals surface area contributed by atoms with Gasteiger partial charge in [0.1, 0.15) is 17.8 Å². The van der Waals surface area contributed by atoms with Crippen LogP contribution in [-0.4, -0.2) is 143 Å². The van der Waals surface area contributed by atoms with Crippen molar-refractivity contribution in [3.63, 3.8) is 0 Å². The SMILES string of the molecule is COC(=O)[C@@]1(CCN2CCOC[C@@]23CCN(C(=O)OC(C)(C)C)C3)C[C@H](O)[C@H](NC(C)=O)[C@H]([C@H](O)[C@H](O)CN)O1. The Labute approximate surface area is 235 Å². The van der Waals surface area contributed by atoms with Crippen LogP contribution < -0.4 is 11.1 Å². The van der Waals surface area contributed by atoms with Crippen molar-refractivity contribution in [1.29, 1.82) is 0 Å². The third-order valence-corrected chi connectivity index (χ3v) is 7.89. The third-order valence-electron chi connectivity index (χ3n) is 7.89. The standard InChI is InChI=1S/C26H46N4O10/c1-16(31)28-19-17(32)12-26(22(35)37-5,39-21(19)20(34)18(33)13-27)7-9-30-10-11-38-15-25(30)6-8-29(14-25)23(36)40-24(2,3)4/h17-21,32-34H,6-15,27H2,1-5H3,(H,28,31)/t17-,18+,19-,20+,21+,25-,26+/m0/s1. The predicted molar refractivity (Wildman–Crippen MR) is 141 cm³/mol. The number of aliphatic hydroxyl groups is 3. The molecule has 6 N–H and O–H groups in total. The van der Waals surface area contributed by atoms with Gasteiger partial charge in [-0.15, -0.1) is 0 Å². The largest absolute Gasteiger partial charge is 0.467 e. The van der Waals surface area contributed by atoms with Crippen molar-refractivity contribution in [3.05, 3.63) is 0 Å². The molecule has 3 aliphatic rings. The molecule has 0 bridgehead atoms. The second-order valence-corrected chi connectivity index (χ2v) is 12.0. The lowest BCUT2D eigenvalue weighted by Gasteiger charge is -2.49. The summed E-state index contributed by atoms with van der Waals surface area (Å²) in [4.78, 5) is 41.6. The monoisotopic (exact) mass is 574 g/mol. The highest BCUT2D eigenvalue weighted by atomic mass is 16.6. The minimum Gasteiger partial charge on any atom is -0.467 e. The zero-order valence-corrected chi connectivity index (χ0v) is 24.1. The minimum absolute atomic E-state index is 0.0691. The number of amides is 2. The fraction of sp³-hybridized carbons (Fsp3) is 0.885. The minimum atomic E-state index is -1.69. The van der Waals surface area contributed by atoms with Crippen molar-refractivity contribution in [2.75, 3.05) is 53.0 Å². The van der Waals surface area contributed by atoms with Gasteiger partial charge < -0.3 is 50.2 Å². The van der Waals surface area contributed by atoms with Gasteiger partial charge in [0.25, 0.3) is 0 Å². The van der Waals surface area contributed by atoms with E-state index in [0.29, 0.717) is 45.8 Å². The number of methoxy groups -OCH3 is 1. The first kappa shape index (κ1) is 32.4. The van der Waals surface area contributed by atoms with Gasteiger partial charge in [0, 0.05) is 52.5 Å². The van der Waals surface area contributed by atoms with Crippen LogP contribution in [-0.2, 0) is 28.5 Å². The van der Waals surface area contributed by atoms with E-state index in [2.05, 4.69) is 10.2 Å². The highest BCUT2D eigenvalue weighted by Crippen LogP contribution is 2.38. The molecule has 40 heavy (non-hydrogen) atoms. The van der Waals surface area contributed by atoms with Gasteiger partial charge in [-0.1, -0.05) is 0 Å². The van der Waals surface area contributed by atoms with E-state index in [1.54, 1.807) is 4.90 Å². The molecule has 230 valence electrons. The van der Waals surface area contributed by atoms with Crippen LogP contribution in [0, 0.1) is 0 Å². The maximum atomic E-state index is 13.2. The average molecular weight is 575 g/mol. The van der Waals surface area contributed by atoms with Gasteiger partial charge >= 0.3 is 12.1 Å². The lowest BCUT2D eigenvalue weighted by Crippen LogP contribution is -2.68. The van der Waals surface area contributed by atoms with E-state index in [4.69, 9.17) is 24.7 Å². The maximum Gasteiger partial charge on any atom is 0.410 e. The molecule has 0 saturated carbocycles. The van der Waals surface area contributed by atoms with E-state index in [9.17, 15) is 29.7 Å². The number of carbonyl (C=O) groups excluding carboxylic acids is 3. The number of esters is 1. The number of hydrogen-bond acceptors (Lipinski definition) is 12. The van der Waals surface area contributed by atoms with Gasteiger partial charge in [0.05, 0.1) is 44.1 Å². The number of likely N-dealkylation sites (tertiary alicyclic amines) is 1. The molecule has 7 atom stereocenters. The summed E-state index contributed by atoms with van der Waals surface area (Å²) in [6.45, 7) is 8.93. The summed E-state index contributed by atoms with van der Waals surface area (Å²) >= 11 is 0. The Morgan fingerprint density at radius 1 is 1.23 bits per heavy atom. The number of ether oxygens (including phenoxy) is 4. The first-order chi connectivity index (χ1) is 18.7. The van der Waals surface area contributed by atoms with Crippen LogP contribution in [0.3, 0.4) is 0 Å². The summed E-state index contributed by atoms with van der Waals surface area (Å²) in [5.74, 6) is -1.24. The lowest BCUT2D eigenvalue weighted by atomic mass is 9.81. The Morgan fingerprint density at radius 2 is 1.93 bits per heavy atom. The summed E-state index contributed by atoms with van der Waals surface area (Å²) in [6.07, 6.45) is -5.59. The summed E-state index contributed by atoms with van der Waals surface area (Å²) in [5.41, 5.74) is 2.72. The van der Waals surface area contributed by atoms with Crippen molar-refractivity contribution in [3.8, 4) is 0 Å².